The molecule has 0 fully saturated rings. The lowest BCUT2D eigenvalue weighted by atomic mass is 10.1. The minimum absolute atomic E-state index is 0.278. The Bertz CT molecular complexity index is 583. The van der Waals surface area contributed by atoms with E-state index in [4.69, 9.17) is 5.84 Å². The highest BCUT2D eigenvalue weighted by molar-refractivity contribution is 5.93. The average Bonchev–Trinajstić information content (AvgIpc) is 2.48. The number of hydrogen-bond acceptors (Lipinski definition) is 2. The molecule has 0 radical (unpaired) electrons. The van der Waals surface area contributed by atoms with Crippen LogP contribution in [0.1, 0.15) is 18.5 Å². The standard InChI is InChI=1S/C15H17FN4/c1-11(13-9-5-6-10-14(13)16)18-15(20-17)19-12-7-3-2-4-8-12/h2-11H,17H2,1H3,(H2,18,19,20). The summed E-state index contributed by atoms with van der Waals surface area (Å²) in [7, 11) is 0. The summed E-state index contributed by atoms with van der Waals surface area (Å²) in [5, 5.41) is 3.04. The number of aliphatic imine (C=N–C) groups is 1. The number of halogens is 1. The van der Waals surface area contributed by atoms with Crippen molar-refractivity contribution in [2.24, 2.45) is 10.8 Å². The van der Waals surface area contributed by atoms with E-state index in [0.29, 0.717) is 11.5 Å². The van der Waals surface area contributed by atoms with E-state index in [1.807, 2.05) is 37.3 Å². The number of rotatable bonds is 3. The van der Waals surface area contributed by atoms with Gasteiger partial charge >= 0.3 is 0 Å². The van der Waals surface area contributed by atoms with Crippen LogP contribution in [0.25, 0.3) is 0 Å². The van der Waals surface area contributed by atoms with E-state index in [1.165, 1.54) is 6.07 Å². The first kappa shape index (κ1) is 14.0. The molecule has 5 heteroatoms. The molecular formula is C15H17FN4. The SMILES string of the molecule is CC(N=C(NN)Nc1ccccc1)c1ccccc1F. The molecule has 20 heavy (non-hydrogen) atoms. The molecule has 1 atom stereocenters. The monoisotopic (exact) mass is 272 g/mol. The smallest absolute Gasteiger partial charge is 0.210 e. The van der Waals surface area contributed by atoms with Crippen molar-refractivity contribution in [3.05, 3.63) is 66.0 Å². The fraction of sp³-hybridized carbons (Fsp3) is 0.133. The van der Waals surface area contributed by atoms with E-state index in [-0.39, 0.29) is 11.9 Å². The summed E-state index contributed by atoms with van der Waals surface area (Å²) in [6.45, 7) is 1.81. The number of nitrogens with zero attached hydrogens (tertiary/aromatic N) is 1. The molecule has 0 saturated carbocycles. The lowest BCUT2D eigenvalue weighted by Crippen LogP contribution is -2.36. The molecule has 0 heterocycles. The number of para-hydroxylation sites is 1. The molecule has 0 spiro atoms. The third-order valence-electron chi connectivity index (χ3n) is 2.85. The van der Waals surface area contributed by atoms with Crippen LogP contribution < -0.4 is 16.6 Å². The Morgan fingerprint density at radius 3 is 2.40 bits per heavy atom. The molecule has 2 rings (SSSR count). The predicted octanol–water partition coefficient (Wildman–Crippen LogP) is 2.82. The maximum atomic E-state index is 13.7. The van der Waals surface area contributed by atoms with Crippen molar-refractivity contribution in [1.82, 2.24) is 5.43 Å². The highest BCUT2D eigenvalue weighted by Gasteiger charge is 2.10. The first-order valence-corrected chi connectivity index (χ1v) is 6.31. The van der Waals surface area contributed by atoms with Gasteiger partial charge in [0.05, 0.1) is 6.04 Å². The number of hydrogen-bond donors (Lipinski definition) is 3. The largest absolute Gasteiger partial charge is 0.325 e. The zero-order chi connectivity index (χ0) is 14.4. The van der Waals surface area contributed by atoms with E-state index >= 15 is 0 Å². The number of anilines is 1. The molecule has 104 valence electrons. The van der Waals surface area contributed by atoms with Crippen molar-refractivity contribution in [3.63, 3.8) is 0 Å². The molecule has 4 N–H and O–H groups in total. The van der Waals surface area contributed by atoms with Gasteiger partial charge in [-0.2, -0.15) is 0 Å². The fourth-order valence-corrected chi connectivity index (χ4v) is 1.84. The maximum Gasteiger partial charge on any atom is 0.210 e. The molecule has 0 aromatic heterocycles. The predicted molar refractivity (Wildman–Crippen MR) is 79.6 cm³/mol. The molecule has 0 amide bonds. The third kappa shape index (κ3) is 3.55. The Morgan fingerprint density at radius 2 is 1.75 bits per heavy atom. The summed E-state index contributed by atoms with van der Waals surface area (Å²) in [5.41, 5.74) is 3.86. The number of guanidine groups is 1. The Morgan fingerprint density at radius 1 is 1.10 bits per heavy atom. The van der Waals surface area contributed by atoms with Crippen LogP contribution in [0.5, 0.6) is 0 Å². The van der Waals surface area contributed by atoms with Crippen LogP contribution in [-0.2, 0) is 0 Å². The Labute approximate surface area is 117 Å². The van der Waals surface area contributed by atoms with Crippen LogP contribution in [0, 0.1) is 5.82 Å². The molecular weight excluding hydrogens is 255 g/mol. The van der Waals surface area contributed by atoms with Gasteiger partial charge in [0.25, 0.3) is 0 Å². The van der Waals surface area contributed by atoms with Crippen LogP contribution in [0.15, 0.2) is 59.6 Å². The second-order valence-corrected chi connectivity index (χ2v) is 4.31. The van der Waals surface area contributed by atoms with Gasteiger partial charge in [0.1, 0.15) is 5.82 Å². The number of benzene rings is 2. The van der Waals surface area contributed by atoms with E-state index in [2.05, 4.69) is 15.7 Å². The van der Waals surface area contributed by atoms with Gasteiger partial charge in [-0.25, -0.2) is 15.2 Å². The normalized spacial score (nSPS) is 12.8. The van der Waals surface area contributed by atoms with Gasteiger partial charge in [0.2, 0.25) is 5.96 Å². The van der Waals surface area contributed by atoms with Crippen LogP contribution in [0.3, 0.4) is 0 Å². The topological polar surface area (TPSA) is 62.4 Å². The van der Waals surface area contributed by atoms with Gasteiger partial charge in [0.15, 0.2) is 0 Å². The van der Waals surface area contributed by atoms with Crippen LogP contribution in [0.4, 0.5) is 10.1 Å². The Kier molecular flexibility index (Phi) is 4.68. The molecule has 0 saturated heterocycles. The first-order valence-electron chi connectivity index (χ1n) is 6.31. The summed E-state index contributed by atoms with van der Waals surface area (Å²) < 4.78 is 13.7. The van der Waals surface area contributed by atoms with Crippen LogP contribution in [-0.4, -0.2) is 5.96 Å². The summed E-state index contributed by atoms with van der Waals surface area (Å²) >= 11 is 0. The van der Waals surface area contributed by atoms with Crippen LogP contribution >= 0.6 is 0 Å². The van der Waals surface area contributed by atoms with Crippen molar-refractivity contribution in [2.45, 2.75) is 13.0 Å². The highest BCUT2D eigenvalue weighted by atomic mass is 19.1. The van der Waals surface area contributed by atoms with Crippen molar-refractivity contribution >= 4 is 11.6 Å². The van der Waals surface area contributed by atoms with Gasteiger partial charge in [-0.3, -0.25) is 5.43 Å². The molecule has 0 bridgehead atoms. The number of hydrazine groups is 1. The summed E-state index contributed by atoms with van der Waals surface area (Å²) in [5.74, 6) is 5.55. The summed E-state index contributed by atoms with van der Waals surface area (Å²) in [6.07, 6.45) is 0. The molecule has 0 aliphatic rings. The second kappa shape index (κ2) is 6.68. The molecule has 2 aromatic carbocycles. The van der Waals surface area contributed by atoms with Crippen molar-refractivity contribution in [2.75, 3.05) is 5.32 Å². The minimum atomic E-state index is -0.349. The molecule has 2 aromatic rings. The summed E-state index contributed by atoms with van der Waals surface area (Å²) in [6, 6.07) is 15.7. The van der Waals surface area contributed by atoms with Gasteiger partial charge in [-0.05, 0) is 25.1 Å². The van der Waals surface area contributed by atoms with Crippen molar-refractivity contribution in [3.8, 4) is 0 Å². The minimum Gasteiger partial charge on any atom is -0.325 e. The third-order valence-corrected chi connectivity index (χ3v) is 2.85. The second-order valence-electron chi connectivity index (χ2n) is 4.31. The van der Waals surface area contributed by atoms with E-state index in [0.717, 1.165) is 5.69 Å². The molecule has 0 aliphatic carbocycles. The van der Waals surface area contributed by atoms with E-state index < -0.39 is 0 Å². The Balaban J connectivity index is 2.16. The molecule has 0 aliphatic heterocycles. The number of nitrogens with one attached hydrogen (secondary N) is 2. The van der Waals surface area contributed by atoms with E-state index in [9.17, 15) is 4.39 Å². The molecule has 4 nitrogen and oxygen atoms in total. The van der Waals surface area contributed by atoms with Gasteiger partial charge in [0, 0.05) is 11.3 Å². The van der Waals surface area contributed by atoms with Gasteiger partial charge in [-0.15, -0.1) is 0 Å². The first-order chi connectivity index (χ1) is 9.70. The molecule has 1 unspecified atom stereocenters. The number of nitrogens with two attached hydrogens (primary N) is 1. The average molecular weight is 272 g/mol. The Hall–Kier alpha value is -2.40. The van der Waals surface area contributed by atoms with Crippen molar-refractivity contribution < 1.29 is 4.39 Å². The quantitative estimate of drug-likeness (QED) is 0.348. The zero-order valence-electron chi connectivity index (χ0n) is 11.2. The highest BCUT2D eigenvalue weighted by Crippen LogP contribution is 2.19. The lowest BCUT2D eigenvalue weighted by molar-refractivity contribution is 0.593. The van der Waals surface area contributed by atoms with Gasteiger partial charge in [-0.1, -0.05) is 36.4 Å². The van der Waals surface area contributed by atoms with Gasteiger partial charge < -0.3 is 5.32 Å². The van der Waals surface area contributed by atoms with Crippen LogP contribution in [0.2, 0.25) is 0 Å². The zero-order valence-corrected chi connectivity index (χ0v) is 11.2. The van der Waals surface area contributed by atoms with E-state index in [1.54, 1.807) is 18.2 Å². The maximum absolute atomic E-state index is 13.7. The lowest BCUT2D eigenvalue weighted by Gasteiger charge is -2.13. The summed E-state index contributed by atoms with van der Waals surface area (Å²) in [4.78, 5) is 4.35. The fourth-order valence-electron chi connectivity index (χ4n) is 1.84. The van der Waals surface area contributed by atoms with Crippen molar-refractivity contribution in [1.29, 1.82) is 0 Å².